The van der Waals surface area contributed by atoms with Gasteiger partial charge in [0.1, 0.15) is 11.7 Å². The summed E-state index contributed by atoms with van der Waals surface area (Å²) in [5, 5.41) is 21.1. The highest BCUT2D eigenvalue weighted by Crippen LogP contribution is 2.28. The van der Waals surface area contributed by atoms with Crippen LogP contribution in [0.1, 0.15) is 32.9 Å². The van der Waals surface area contributed by atoms with Gasteiger partial charge >= 0.3 is 5.69 Å². The quantitative estimate of drug-likeness (QED) is 0.491. The third-order valence-electron chi connectivity index (χ3n) is 4.03. The van der Waals surface area contributed by atoms with Gasteiger partial charge in [-0.3, -0.25) is 14.9 Å². The Morgan fingerprint density at radius 2 is 2.00 bits per heavy atom. The number of amides is 1. The molecule has 0 spiro atoms. The Balaban J connectivity index is 2.74. The lowest BCUT2D eigenvalue weighted by atomic mass is 10.2. The van der Waals surface area contributed by atoms with Crippen LogP contribution in [0, 0.1) is 17.0 Å². The molecule has 9 heteroatoms. The first kappa shape index (κ1) is 19.9. The van der Waals surface area contributed by atoms with E-state index in [1.807, 2.05) is 6.92 Å². The number of aromatic nitrogens is 2. The first-order chi connectivity index (χ1) is 11.3. The number of anilines is 1. The summed E-state index contributed by atoms with van der Waals surface area (Å²) < 4.78 is 1.40. The maximum atomic E-state index is 12.3. The second-order valence-electron chi connectivity index (χ2n) is 5.59. The topological polar surface area (TPSA) is 105 Å². The van der Waals surface area contributed by atoms with Gasteiger partial charge in [-0.25, -0.2) is 4.68 Å². The van der Waals surface area contributed by atoms with Crippen molar-refractivity contribution in [3.63, 3.8) is 0 Å². The molecule has 1 aromatic rings. The second-order valence-corrected chi connectivity index (χ2v) is 5.59. The number of aryl methyl sites for hydroxylation is 2. The summed E-state index contributed by atoms with van der Waals surface area (Å²) in [4.78, 5) is 25.3. The number of rotatable bonds is 10. The highest BCUT2D eigenvalue weighted by molar-refractivity contribution is 5.85. The molecule has 1 rings (SSSR count). The summed E-state index contributed by atoms with van der Waals surface area (Å²) in [6, 6.07) is -0.546. The second kappa shape index (κ2) is 9.21. The molecule has 0 aliphatic carbocycles. The van der Waals surface area contributed by atoms with E-state index in [1.54, 1.807) is 14.0 Å². The van der Waals surface area contributed by atoms with Gasteiger partial charge in [-0.15, -0.1) is 0 Å². The van der Waals surface area contributed by atoms with Crippen molar-refractivity contribution in [3.8, 4) is 0 Å². The van der Waals surface area contributed by atoms with Crippen molar-refractivity contribution >= 4 is 17.4 Å². The molecule has 0 saturated carbocycles. The van der Waals surface area contributed by atoms with Crippen LogP contribution in [0.2, 0.25) is 0 Å². The molecule has 9 nitrogen and oxygen atoms in total. The van der Waals surface area contributed by atoms with E-state index in [2.05, 4.69) is 34.5 Å². The number of likely N-dealkylation sites (N-methyl/N-ethyl adjacent to an activating group) is 1. The first-order valence-corrected chi connectivity index (χ1v) is 8.30. The van der Waals surface area contributed by atoms with Gasteiger partial charge in [-0.05, 0) is 26.4 Å². The number of hydrogen-bond acceptors (Lipinski definition) is 6. The number of hydrogen-bond donors (Lipinski definition) is 2. The van der Waals surface area contributed by atoms with Crippen molar-refractivity contribution in [2.24, 2.45) is 7.05 Å². The molecule has 1 atom stereocenters. The Hall–Kier alpha value is -2.16. The fraction of sp³-hybridized carbons (Fsp3) is 0.733. The zero-order chi connectivity index (χ0) is 18.3. The summed E-state index contributed by atoms with van der Waals surface area (Å²) in [5.74, 6) is 0.0843. The minimum atomic E-state index is -0.546. The Kier molecular flexibility index (Phi) is 7.63. The van der Waals surface area contributed by atoms with Gasteiger partial charge in [0.05, 0.1) is 4.92 Å². The Labute approximate surface area is 142 Å². The van der Waals surface area contributed by atoms with Crippen LogP contribution in [-0.4, -0.2) is 57.7 Å². The average Bonchev–Trinajstić information content (AvgIpc) is 2.82. The summed E-state index contributed by atoms with van der Waals surface area (Å²) in [6.07, 6.45) is 0.512. The van der Waals surface area contributed by atoms with Gasteiger partial charge in [0.15, 0.2) is 0 Å². The number of nitrogens with one attached hydrogen (secondary N) is 2. The maximum absolute atomic E-state index is 12.3. The van der Waals surface area contributed by atoms with Gasteiger partial charge in [0.2, 0.25) is 11.7 Å². The highest BCUT2D eigenvalue weighted by Gasteiger charge is 2.27. The largest absolute Gasteiger partial charge is 0.353 e. The molecule has 0 aromatic carbocycles. The van der Waals surface area contributed by atoms with Crippen LogP contribution >= 0.6 is 0 Å². The highest BCUT2D eigenvalue weighted by atomic mass is 16.6. The smallest absolute Gasteiger partial charge is 0.333 e. The van der Waals surface area contributed by atoms with Crippen LogP contribution in [0.25, 0.3) is 0 Å². The van der Waals surface area contributed by atoms with E-state index in [1.165, 1.54) is 4.68 Å². The molecule has 0 aliphatic heterocycles. The average molecular weight is 340 g/mol. The molecule has 24 heavy (non-hydrogen) atoms. The van der Waals surface area contributed by atoms with E-state index in [0.29, 0.717) is 18.7 Å². The summed E-state index contributed by atoms with van der Waals surface area (Å²) in [7, 11) is 1.62. The predicted molar refractivity (Wildman–Crippen MR) is 93.1 cm³/mol. The maximum Gasteiger partial charge on any atom is 0.333 e. The normalized spacial score (nSPS) is 12.2. The predicted octanol–water partition coefficient (Wildman–Crippen LogP) is 1.29. The van der Waals surface area contributed by atoms with Crippen LogP contribution < -0.4 is 10.6 Å². The number of carbonyl (C=O) groups excluding carboxylic acids is 1. The molecule has 0 radical (unpaired) electrons. The SMILES string of the molecule is CC[C@@H](Nc1c([N+](=O)[O-])c(C)nn1C)C(=O)NCCN(CC)CC. The number of carbonyl (C=O) groups is 1. The fourth-order valence-corrected chi connectivity index (χ4v) is 2.55. The molecule has 0 unspecified atom stereocenters. The van der Waals surface area contributed by atoms with Crippen molar-refractivity contribution in [3.05, 3.63) is 15.8 Å². The van der Waals surface area contributed by atoms with Crippen LogP contribution in [0.4, 0.5) is 11.5 Å². The van der Waals surface area contributed by atoms with E-state index in [-0.39, 0.29) is 17.4 Å². The van der Waals surface area contributed by atoms with Crippen molar-refractivity contribution in [1.29, 1.82) is 0 Å². The van der Waals surface area contributed by atoms with E-state index in [9.17, 15) is 14.9 Å². The zero-order valence-corrected chi connectivity index (χ0v) is 15.1. The van der Waals surface area contributed by atoms with Crippen molar-refractivity contribution in [1.82, 2.24) is 20.0 Å². The molecule has 1 heterocycles. The Bertz CT molecular complexity index is 568. The van der Waals surface area contributed by atoms with Gasteiger partial charge in [-0.1, -0.05) is 20.8 Å². The third kappa shape index (κ3) is 4.92. The monoisotopic (exact) mass is 340 g/mol. The molecular weight excluding hydrogens is 312 g/mol. The van der Waals surface area contributed by atoms with E-state index in [4.69, 9.17) is 0 Å². The molecule has 0 bridgehead atoms. The van der Waals surface area contributed by atoms with Crippen molar-refractivity contribution < 1.29 is 9.72 Å². The van der Waals surface area contributed by atoms with Crippen molar-refractivity contribution in [2.75, 3.05) is 31.5 Å². The number of nitro groups is 1. The van der Waals surface area contributed by atoms with E-state index < -0.39 is 11.0 Å². The van der Waals surface area contributed by atoms with Gasteiger partial charge in [0, 0.05) is 20.1 Å². The van der Waals surface area contributed by atoms with E-state index in [0.717, 1.165) is 19.6 Å². The van der Waals surface area contributed by atoms with Gasteiger partial charge in [-0.2, -0.15) is 5.10 Å². The first-order valence-electron chi connectivity index (χ1n) is 8.30. The number of nitrogens with zero attached hydrogens (tertiary/aromatic N) is 4. The Morgan fingerprint density at radius 1 is 1.38 bits per heavy atom. The van der Waals surface area contributed by atoms with Gasteiger partial charge < -0.3 is 15.5 Å². The molecule has 2 N–H and O–H groups in total. The van der Waals surface area contributed by atoms with Crippen LogP contribution in [-0.2, 0) is 11.8 Å². The fourth-order valence-electron chi connectivity index (χ4n) is 2.55. The van der Waals surface area contributed by atoms with Crippen LogP contribution in [0.3, 0.4) is 0 Å². The van der Waals surface area contributed by atoms with Crippen LogP contribution in [0.15, 0.2) is 0 Å². The third-order valence-corrected chi connectivity index (χ3v) is 4.03. The minimum Gasteiger partial charge on any atom is -0.353 e. The molecule has 136 valence electrons. The molecule has 0 fully saturated rings. The summed E-state index contributed by atoms with van der Waals surface area (Å²) in [5.41, 5.74) is 0.230. The molecular formula is C15H28N6O3. The summed E-state index contributed by atoms with van der Waals surface area (Å²) >= 11 is 0. The lowest BCUT2D eigenvalue weighted by molar-refractivity contribution is -0.384. The Morgan fingerprint density at radius 3 is 2.50 bits per heavy atom. The van der Waals surface area contributed by atoms with Gasteiger partial charge in [0.25, 0.3) is 0 Å². The molecule has 0 saturated heterocycles. The lowest BCUT2D eigenvalue weighted by Crippen LogP contribution is -2.43. The van der Waals surface area contributed by atoms with Crippen molar-refractivity contribution in [2.45, 2.75) is 40.2 Å². The van der Waals surface area contributed by atoms with E-state index >= 15 is 0 Å². The minimum absolute atomic E-state index is 0.0908. The summed E-state index contributed by atoms with van der Waals surface area (Å²) in [6.45, 7) is 10.8. The lowest BCUT2D eigenvalue weighted by Gasteiger charge is -2.20. The molecule has 1 aromatic heterocycles. The standard InChI is InChI=1S/C15H28N6O3/c1-6-12(15(22)16-9-10-20(7-2)8-3)17-14-13(21(23)24)11(4)18-19(14)5/h12,17H,6-10H2,1-5H3,(H,16,22)/t12-/m1/s1. The molecule has 0 aliphatic rings. The van der Waals surface area contributed by atoms with Crippen LogP contribution in [0.5, 0.6) is 0 Å². The molecule has 1 amide bonds. The zero-order valence-electron chi connectivity index (χ0n) is 15.1.